The number of unbranched alkanes of at least 4 members (excludes halogenated alkanes) is 1. The van der Waals surface area contributed by atoms with Gasteiger partial charge in [-0.15, -0.1) is 0 Å². The van der Waals surface area contributed by atoms with Crippen LogP contribution in [-0.4, -0.2) is 59.7 Å². The van der Waals surface area contributed by atoms with Crippen LogP contribution >= 0.6 is 0 Å². The molecule has 2 aliphatic rings. The second-order valence-electron chi connectivity index (χ2n) is 8.70. The van der Waals surface area contributed by atoms with Crippen molar-refractivity contribution < 1.29 is 14.4 Å². The van der Waals surface area contributed by atoms with Gasteiger partial charge < -0.3 is 10.2 Å². The van der Waals surface area contributed by atoms with Crippen LogP contribution in [0.3, 0.4) is 0 Å². The number of fused-ring (bicyclic) bond motifs is 1. The van der Waals surface area contributed by atoms with Crippen LogP contribution in [0.5, 0.6) is 0 Å². The lowest BCUT2D eigenvalue weighted by atomic mass is 10.0. The predicted molar refractivity (Wildman–Crippen MR) is 124 cm³/mol. The van der Waals surface area contributed by atoms with Crippen molar-refractivity contribution in [2.45, 2.75) is 45.1 Å². The Balaban J connectivity index is 1.36. The van der Waals surface area contributed by atoms with E-state index >= 15 is 0 Å². The van der Waals surface area contributed by atoms with Gasteiger partial charge in [-0.2, -0.15) is 0 Å². The summed E-state index contributed by atoms with van der Waals surface area (Å²) in [4.78, 5) is 42.2. The van der Waals surface area contributed by atoms with Gasteiger partial charge in [0.15, 0.2) is 0 Å². The van der Waals surface area contributed by atoms with E-state index in [1.807, 2.05) is 30.3 Å². The van der Waals surface area contributed by atoms with E-state index in [-0.39, 0.29) is 23.8 Å². The lowest BCUT2D eigenvalue weighted by molar-refractivity contribution is 0.0656. The van der Waals surface area contributed by atoms with E-state index in [1.54, 1.807) is 18.2 Å². The second-order valence-corrected chi connectivity index (χ2v) is 8.70. The molecule has 1 fully saturated rings. The molecule has 0 unspecified atom stereocenters. The zero-order valence-corrected chi connectivity index (χ0v) is 18.7. The molecule has 2 aromatic carbocycles. The second kappa shape index (κ2) is 10.1. The number of nitrogens with one attached hydrogen (secondary N) is 1. The summed E-state index contributed by atoms with van der Waals surface area (Å²) in [5.74, 6) is -0.782. The molecule has 2 aliphatic heterocycles. The maximum Gasteiger partial charge on any atom is 0.261 e. The minimum Gasteiger partial charge on any atom is -0.349 e. The molecule has 6 heteroatoms. The van der Waals surface area contributed by atoms with Crippen molar-refractivity contribution in [3.8, 4) is 0 Å². The number of likely N-dealkylation sites (tertiary alicyclic amines) is 1. The number of carbonyl (C=O) groups is 3. The monoisotopic (exact) mass is 433 g/mol. The number of hydrogen-bond acceptors (Lipinski definition) is 4. The van der Waals surface area contributed by atoms with Crippen LogP contribution < -0.4 is 5.32 Å². The number of rotatable bonds is 8. The number of hydrogen-bond donors (Lipinski definition) is 1. The molecule has 0 bridgehead atoms. The summed E-state index contributed by atoms with van der Waals surface area (Å²) in [6, 6.07) is 14.8. The summed E-state index contributed by atoms with van der Waals surface area (Å²) in [5, 5.41) is 3.11. The molecule has 1 saturated heterocycles. The Morgan fingerprint density at radius 3 is 2.41 bits per heavy atom. The molecule has 2 aromatic rings. The summed E-state index contributed by atoms with van der Waals surface area (Å²) >= 11 is 0. The van der Waals surface area contributed by atoms with E-state index in [1.165, 1.54) is 17.7 Å². The molecule has 6 nitrogen and oxygen atoms in total. The lowest BCUT2D eigenvalue weighted by Gasteiger charge is -2.32. The third kappa shape index (κ3) is 4.91. The number of nitrogens with zero attached hydrogens (tertiary/aromatic N) is 2. The van der Waals surface area contributed by atoms with Gasteiger partial charge in [0.25, 0.3) is 17.7 Å². The SMILES string of the molecule is CCCCN1CCC(NC(=O)c2ccc3c(c2)C(=O)N(CCc2ccccc2)C3=O)CC1. The Morgan fingerprint density at radius 2 is 1.69 bits per heavy atom. The Bertz CT molecular complexity index is 981. The van der Waals surface area contributed by atoms with E-state index in [9.17, 15) is 14.4 Å². The molecule has 3 amide bonds. The number of piperidine rings is 1. The van der Waals surface area contributed by atoms with Gasteiger partial charge in [-0.3, -0.25) is 19.3 Å². The van der Waals surface area contributed by atoms with Crippen LogP contribution in [0.25, 0.3) is 0 Å². The maximum atomic E-state index is 12.9. The van der Waals surface area contributed by atoms with Crippen molar-refractivity contribution in [2.75, 3.05) is 26.2 Å². The van der Waals surface area contributed by atoms with Crippen molar-refractivity contribution in [3.05, 3.63) is 70.8 Å². The smallest absolute Gasteiger partial charge is 0.261 e. The summed E-state index contributed by atoms with van der Waals surface area (Å²) in [6.45, 7) is 5.65. The molecular weight excluding hydrogens is 402 g/mol. The van der Waals surface area contributed by atoms with E-state index in [4.69, 9.17) is 0 Å². The molecule has 0 aromatic heterocycles. The van der Waals surface area contributed by atoms with Crippen LogP contribution in [0, 0.1) is 0 Å². The fraction of sp³-hybridized carbons (Fsp3) is 0.423. The first-order valence-electron chi connectivity index (χ1n) is 11.6. The van der Waals surface area contributed by atoms with Crippen molar-refractivity contribution in [2.24, 2.45) is 0 Å². The van der Waals surface area contributed by atoms with E-state index in [0.717, 1.165) is 38.0 Å². The number of imide groups is 1. The number of carbonyl (C=O) groups excluding carboxylic acids is 3. The fourth-order valence-corrected chi connectivity index (χ4v) is 4.47. The van der Waals surface area contributed by atoms with Gasteiger partial charge in [-0.05, 0) is 56.0 Å². The summed E-state index contributed by atoms with van der Waals surface area (Å²) in [6.07, 6.45) is 4.88. The van der Waals surface area contributed by atoms with Crippen molar-refractivity contribution >= 4 is 17.7 Å². The van der Waals surface area contributed by atoms with Crippen molar-refractivity contribution in [1.29, 1.82) is 0 Å². The fourth-order valence-electron chi connectivity index (χ4n) is 4.47. The van der Waals surface area contributed by atoms with Gasteiger partial charge in [0.05, 0.1) is 11.1 Å². The topological polar surface area (TPSA) is 69.7 Å². The standard InChI is InChI=1S/C26H31N3O3/c1-2-3-14-28-15-12-21(13-16-28)27-24(30)20-9-10-22-23(18-20)26(32)29(25(22)31)17-11-19-7-5-4-6-8-19/h4-10,18,21H,2-3,11-17H2,1H3,(H,27,30). The Kier molecular flexibility index (Phi) is 7.00. The highest BCUT2D eigenvalue weighted by molar-refractivity contribution is 6.22. The van der Waals surface area contributed by atoms with Crippen LogP contribution in [0.15, 0.2) is 48.5 Å². The van der Waals surface area contributed by atoms with Crippen molar-refractivity contribution in [1.82, 2.24) is 15.1 Å². The molecule has 0 aliphatic carbocycles. The van der Waals surface area contributed by atoms with E-state index < -0.39 is 0 Å². The summed E-state index contributed by atoms with van der Waals surface area (Å²) in [5.41, 5.74) is 2.21. The molecular formula is C26H31N3O3. The zero-order valence-electron chi connectivity index (χ0n) is 18.7. The number of benzene rings is 2. The normalized spacial score (nSPS) is 17.0. The first-order valence-corrected chi connectivity index (χ1v) is 11.6. The third-order valence-corrected chi connectivity index (χ3v) is 6.45. The van der Waals surface area contributed by atoms with Crippen LogP contribution in [0.1, 0.15) is 69.2 Å². The zero-order chi connectivity index (χ0) is 22.5. The van der Waals surface area contributed by atoms with E-state index in [0.29, 0.717) is 29.7 Å². The number of amides is 3. The molecule has 4 rings (SSSR count). The van der Waals surface area contributed by atoms with Crippen molar-refractivity contribution in [3.63, 3.8) is 0 Å². The first-order chi connectivity index (χ1) is 15.6. The molecule has 0 radical (unpaired) electrons. The highest BCUT2D eigenvalue weighted by Crippen LogP contribution is 2.24. The van der Waals surface area contributed by atoms with Gasteiger partial charge in [0, 0.05) is 31.2 Å². The first kappa shape index (κ1) is 22.2. The molecule has 168 valence electrons. The average molecular weight is 434 g/mol. The van der Waals surface area contributed by atoms with Gasteiger partial charge >= 0.3 is 0 Å². The average Bonchev–Trinajstić information content (AvgIpc) is 3.07. The quantitative estimate of drug-likeness (QED) is 0.647. The lowest BCUT2D eigenvalue weighted by Crippen LogP contribution is -2.44. The molecule has 0 atom stereocenters. The highest BCUT2D eigenvalue weighted by atomic mass is 16.2. The maximum absolute atomic E-state index is 12.9. The highest BCUT2D eigenvalue weighted by Gasteiger charge is 2.35. The Labute approximate surface area is 189 Å². The van der Waals surface area contributed by atoms with Crippen LogP contribution in [-0.2, 0) is 6.42 Å². The van der Waals surface area contributed by atoms with Gasteiger partial charge in [0.2, 0.25) is 0 Å². The molecule has 2 heterocycles. The molecule has 0 saturated carbocycles. The van der Waals surface area contributed by atoms with Crippen LogP contribution in [0.4, 0.5) is 0 Å². The molecule has 0 spiro atoms. The van der Waals surface area contributed by atoms with Gasteiger partial charge in [-0.25, -0.2) is 0 Å². The minimum atomic E-state index is -0.320. The summed E-state index contributed by atoms with van der Waals surface area (Å²) in [7, 11) is 0. The minimum absolute atomic E-state index is 0.147. The van der Waals surface area contributed by atoms with Gasteiger partial charge in [0.1, 0.15) is 0 Å². The summed E-state index contributed by atoms with van der Waals surface area (Å²) < 4.78 is 0. The third-order valence-electron chi connectivity index (χ3n) is 6.45. The van der Waals surface area contributed by atoms with Gasteiger partial charge in [-0.1, -0.05) is 43.7 Å². The molecule has 32 heavy (non-hydrogen) atoms. The Morgan fingerprint density at radius 1 is 0.969 bits per heavy atom. The Hall–Kier alpha value is -2.99. The largest absolute Gasteiger partial charge is 0.349 e. The van der Waals surface area contributed by atoms with E-state index in [2.05, 4.69) is 17.1 Å². The molecule has 1 N–H and O–H groups in total. The predicted octanol–water partition coefficient (Wildman–Crippen LogP) is 3.52. The van der Waals surface area contributed by atoms with Crippen LogP contribution in [0.2, 0.25) is 0 Å².